The van der Waals surface area contributed by atoms with Gasteiger partial charge >= 0.3 is 0 Å². The quantitative estimate of drug-likeness (QED) is 0.428. The summed E-state index contributed by atoms with van der Waals surface area (Å²) in [6.45, 7) is 10.1. The molecule has 8 heteroatoms. The Balaban J connectivity index is 1.69. The number of carbonyl (C=O) groups is 2. The number of carbonyl (C=O) groups excluding carboxylic acids is 2. The molecule has 2 aromatic carbocycles. The lowest BCUT2D eigenvalue weighted by Gasteiger charge is -2.22. The molecule has 0 spiro atoms. The molecular weight excluding hydrogens is 446 g/mol. The molecule has 0 aliphatic carbocycles. The van der Waals surface area contributed by atoms with Crippen molar-refractivity contribution in [1.29, 1.82) is 0 Å². The fourth-order valence-corrected chi connectivity index (χ4v) is 4.49. The van der Waals surface area contributed by atoms with Crippen LogP contribution in [0.25, 0.3) is 0 Å². The highest BCUT2D eigenvalue weighted by atomic mass is 32.2. The molecular formula is C26H33N5O2S. The normalized spacial score (nSPS) is 12.0. The Morgan fingerprint density at radius 2 is 1.82 bits per heavy atom. The largest absolute Gasteiger partial charge is 0.342 e. The maximum Gasteiger partial charge on any atom is 0.251 e. The first-order valence-corrected chi connectivity index (χ1v) is 12.5. The first-order valence-electron chi connectivity index (χ1n) is 11.5. The molecule has 0 radical (unpaired) electrons. The summed E-state index contributed by atoms with van der Waals surface area (Å²) >= 11 is 1.33. The van der Waals surface area contributed by atoms with Crippen molar-refractivity contribution in [2.75, 3.05) is 11.1 Å². The summed E-state index contributed by atoms with van der Waals surface area (Å²) in [7, 11) is 1.86. The van der Waals surface area contributed by atoms with Gasteiger partial charge < -0.3 is 15.2 Å². The monoisotopic (exact) mass is 479 g/mol. The molecule has 2 amide bonds. The zero-order chi connectivity index (χ0) is 24.8. The number of para-hydroxylation sites is 1. The molecule has 0 unspecified atom stereocenters. The van der Waals surface area contributed by atoms with Crippen LogP contribution in [0.1, 0.15) is 59.7 Å². The zero-order valence-electron chi connectivity index (χ0n) is 20.7. The molecule has 0 bridgehead atoms. The van der Waals surface area contributed by atoms with Gasteiger partial charge in [-0.25, -0.2) is 0 Å². The Labute approximate surface area is 205 Å². The van der Waals surface area contributed by atoms with Crippen molar-refractivity contribution in [3.8, 4) is 0 Å². The molecule has 34 heavy (non-hydrogen) atoms. The molecule has 180 valence electrons. The van der Waals surface area contributed by atoms with Gasteiger partial charge in [-0.1, -0.05) is 68.4 Å². The smallest absolute Gasteiger partial charge is 0.251 e. The van der Waals surface area contributed by atoms with E-state index >= 15 is 0 Å². The number of hydrogen-bond donors (Lipinski definition) is 2. The number of hydrogen-bond acceptors (Lipinski definition) is 5. The summed E-state index contributed by atoms with van der Waals surface area (Å²) in [6, 6.07) is 13.2. The molecule has 0 aliphatic rings. The summed E-state index contributed by atoms with van der Waals surface area (Å²) in [5.74, 6) is 0.735. The van der Waals surface area contributed by atoms with E-state index in [1.54, 1.807) is 6.07 Å². The molecule has 3 rings (SSSR count). The molecule has 0 saturated carbocycles. The van der Waals surface area contributed by atoms with Crippen LogP contribution in [-0.4, -0.2) is 32.3 Å². The minimum absolute atomic E-state index is 0.0910. The molecule has 1 heterocycles. The lowest BCUT2D eigenvalue weighted by Crippen LogP contribution is -2.33. The van der Waals surface area contributed by atoms with E-state index < -0.39 is 0 Å². The maximum atomic E-state index is 12.8. The number of aryl methyl sites for hydroxylation is 3. The summed E-state index contributed by atoms with van der Waals surface area (Å²) in [4.78, 5) is 25.5. The molecule has 0 aliphatic heterocycles. The van der Waals surface area contributed by atoms with Gasteiger partial charge in [0.25, 0.3) is 5.91 Å². The summed E-state index contributed by atoms with van der Waals surface area (Å²) in [5, 5.41) is 15.4. The number of anilines is 1. The van der Waals surface area contributed by atoms with E-state index in [2.05, 4.69) is 27.8 Å². The van der Waals surface area contributed by atoms with E-state index in [4.69, 9.17) is 0 Å². The van der Waals surface area contributed by atoms with Crippen molar-refractivity contribution in [2.24, 2.45) is 13.0 Å². The summed E-state index contributed by atoms with van der Waals surface area (Å²) < 4.78 is 1.85. The standard InChI is InChI=1S/C26H33N5O2S/c1-7-19-12-9-11-18(5)23(19)27-21(32)15-34-26-30-29-24(31(26)6)22(16(2)3)28-25(33)20-13-8-10-17(4)14-20/h8-14,16,22H,7,15H2,1-6H3,(H,27,32)(H,28,33)/t22-/m1/s1. The van der Waals surface area contributed by atoms with Gasteiger partial charge in [0.15, 0.2) is 11.0 Å². The number of aromatic nitrogens is 3. The van der Waals surface area contributed by atoms with Gasteiger partial charge in [0, 0.05) is 18.3 Å². The van der Waals surface area contributed by atoms with E-state index in [1.807, 2.05) is 75.7 Å². The fourth-order valence-electron chi connectivity index (χ4n) is 3.77. The van der Waals surface area contributed by atoms with Crippen molar-refractivity contribution >= 4 is 29.3 Å². The minimum Gasteiger partial charge on any atom is -0.342 e. The van der Waals surface area contributed by atoms with Crippen molar-refractivity contribution < 1.29 is 9.59 Å². The Kier molecular flexibility index (Phi) is 8.50. The third-order valence-corrected chi connectivity index (χ3v) is 6.74. The van der Waals surface area contributed by atoms with Crippen LogP contribution >= 0.6 is 11.8 Å². The number of rotatable bonds is 9. The summed E-state index contributed by atoms with van der Waals surface area (Å²) in [5.41, 5.74) is 4.68. The fraction of sp³-hybridized carbons (Fsp3) is 0.385. The van der Waals surface area contributed by atoms with Crippen LogP contribution in [0.15, 0.2) is 47.6 Å². The predicted molar refractivity (Wildman–Crippen MR) is 137 cm³/mol. The molecule has 1 atom stereocenters. The zero-order valence-corrected chi connectivity index (χ0v) is 21.5. The van der Waals surface area contributed by atoms with Gasteiger partial charge in [-0.15, -0.1) is 10.2 Å². The van der Waals surface area contributed by atoms with Crippen molar-refractivity contribution in [3.05, 3.63) is 70.5 Å². The number of nitrogens with one attached hydrogen (secondary N) is 2. The number of thioether (sulfide) groups is 1. The van der Waals surface area contributed by atoms with Crippen molar-refractivity contribution in [1.82, 2.24) is 20.1 Å². The van der Waals surface area contributed by atoms with Gasteiger partial charge in [-0.05, 0) is 49.4 Å². The van der Waals surface area contributed by atoms with Gasteiger partial charge in [0.2, 0.25) is 5.91 Å². The number of amides is 2. The average molecular weight is 480 g/mol. The highest BCUT2D eigenvalue weighted by Gasteiger charge is 2.25. The first kappa shape index (κ1) is 25.5. The second kappa shape index (κ2) is 11.3. The average Bonchev–Trinajstić information content (AvgIpc) is 3.16. The van der Waals surface area contributed by atoms with Gasteiger partial charge in [-0.3, -0.25) is 9.59 Å². The lowest BCUT2D eigenvalue weighted by molar-refractivity contribution is -0.113. The van der Waals surface area contributed by atoms with E-state index in [-0.39, 0.29) is 29.5 Å². The Morgan fingerprint density at radius 3 is 2.50 bits per heavy atom. The van der Waals surface area contributed by atoms with Gasteiger partial charge in [-0.2, -0.15) is 0 Å². The van der Waals surface area contributed by atoms with E-state index in [0.717, 1.165) is 28.8 Å². The maximum absolute atomic E-state index is 12.8. The Hall–Kier alpha value is -3.13. The summed E-state index contributed by atoms with van der Waals surface area (Å²) in [6.07, 6.45) is 0.849. The van der Waals surface area contributed by atoms with E-state index in [1.165, 1.54) is 11.8 Å². The number of nitrogens with zero attached hydrogens (tertiary/aromatic N) is 3. The topological polar surface area (TPSA) is 88.9 Å². The van der Waals surface area contributed by atoms with Crippen LogP contribution in [0.3, 0.4) is 0 Å². The van der Waals surface area contributed by atoms with E-state index in [9.17, 15) is 9.59 Å². The first-order chi connectivity index (χ1) is 16.2. The van der Waals surface area contributed by atoms with Crippen LogP contribution in [-0.2, 0) is 18.3 Å². The van der Waals surface area contributed by atoms with E-state index in [0.29, 0.717) is 16.5 Å². The number of benzene rings is 2. The minimum atomic E-state index is -0.312. The molecule has 0 fully saturated rings. The van der Waals surface area contributed by atoms with Gasteiger partial charge in [0.1, 0.15) is 0 Å². The highest BCUT2D eigenvalue weighted by molar-refractivity contribution is 7.99. The Morgan fingerprint density at radius 1 is 1.09 bits per heavy atom. The van der Waals surface area contributed by atoms with Crippen LogP contribution in [0, 0.1) is 19.8 Å². The van der Waals surface area contributed by atoms with Crippen LogP contribution in [0.5, 0.6) is 0 Å². The second-order valence-electron chi connectivity index (χ2n) is 8.76. The third kappa shape index (κ3) is 6.05. The predicted octanol–water partition coefficient (Wildman–Crippen LogP) is 4.85. The molecule has 0 saturated heterocycles. The van der Waals surface area contributed by atoms with Gasteiger partial charge in [0.05, 0.1) is 11.8 Å². The van der Waals surface area contributed by atoms with Crippen LogP contribution in [0.2, 0.25) is 0 Å². The van der Waals surface area contributed by atoms with Crippen LogP contribution in [0.4, 0.5) is 5.69 Å². The highest BCUT2D eigenvalue weighted by Crippen LogP contribution is 2.26. The lowest BCUT2D eigenvalue weighted by atomic mass is 10.0. The molecule has 7 nitrogen and oxygen atoms in total. The second-order valence-corrected chi connectivity index (χ2v) is 9.71. The third-order valence-electron chi connectivity index (χ3n) is 5.72. The van der Waals surface area contributed by atoms with Crippen molar-refractivity contribution in [3.63, 3.8) is 0 Å². The molecule has 3 aromatic rings. The van der Waals surface area contributed by atoms with Crippen LogP contribution < -0.4 is 10.6 Å². The van der Waals surface area contributed by atoms with Crippen molar-refractivity contribution in [2.45, 2.75) is 52.2 Å². The molecule has 1 aromatic heterocycles. The molecule has 2 N–H and O–H groups in total. The SMILES string of the molecule is CCc1cccc(C)c1NC(=O)CSc1nnc([C@H](NC(=O)c2cccc(C)c2)C(C)C)n1C. The Bertz CT molecular complexity index is 1170.